The first-order valence-corrected chi connectivity index (χ1v) is 8.02. The van der Waals surface area contributed by atoms with Gasteiger partial charge in [0.15, 0.2) is 0 Å². The molecule has 1 heterocycles. The highest BCUT2D eigenvalue weighted by molar-refractivity contribution is 6.38. The molecule has 0 aliphatic heterocycles. The molecule has 2 heteroatoms. The molecule has 0 aliphatic rings. The van der Waals surface area contributed by atoms with Crippen LogP contribution in [0.15, 0.2) is 71.1 Å². The van der Waals surface area contributed by atoms with Crippen LogP contribution in [0.5, 0.6) is 5.75 Å². The summed E-state index contributed by atoms with van der Waals surface area (Å²) in [6, 6.07) is 22.5. The Morgan fingerprint density at radius 1 is 0.583 bits per heavy atom. The number of furan rings is 1. The van der Waals surface area contributed by atoms with Crippen molar-refractivity contribution in [3.05, 3.63) is 66.7 Å². The standard InChI is InChI=1S/C22H12O2/c23-13-10-17-15-7-3-4-8-16(15)20-14-6-2-1-5-12(14)9-18-22(20)21(17)19(11-13)24-18/h1-11,23H. The van der Waals surface area contributed by atoms with Gasteiger partial charge in [0.2, 0.25) is 0 Å². The Bertz CT molecular complexity index is 1410. The van der Waals surface area contributed by atoms with Crippen LogP contribution >= 0.6 is 0 Å². The Labute approximate surface area is 136 Å². The molecule has 0 atom stereocenters. The van der Waals surface area contributed by atoms with Gasteiger partial charge in [0.05, 0.1) is 0 Å². The maximum atomic E-state index is 10.1. The van der Waals surface area contributed by atoms with Crippen molar-refractivity contribution in [1.29, 1.82) is 0 Å². The molecule has 0 spiro atoms. The van der Waals surface area contributed by atoms with Crippen molar-refractivity contribution in [2.24, 2.45) is 0 Å². The number of phenols is 1. The molecule has 5 aromatic carbocycles. The van der Waals surface area contributed by atoms with Crippen molar-refractivity contribution in [3.8, 4) is 5.75 Å². The monoisotopic (exact) mass is 308 g/mol. The number of phenolic OH excluding ortho intramolecular Hbond substituents is 1. The highest BCUT2D eigenvalue weighted by Crippen LogP contribution is 2.46. The highest BCUT2D eigenvalue weighted by Gasteiger charge is 2.19. The van der Waals surface area contributed by atoms with E-state index in [1.165, 1.54) is 21.5 Å². The van der Waals surface area contributed by atoms with Crippen molar-refractivity contribution in [3.63, 3.8) is 0 Å². The number of hydrogen-bond acceptors (Lipinski definition) is 2. The predicted octanol–water partition coefficient (Wildman–Crippen LogP) is 6.19. The van der Waals surface area contributed by atoms with E-state index in [0.29, 0.717) is 0 Å². The molecule has 1 N–H and O–H groups in total. The summed E-state index contributed by atoms with van der Waals surface area (Å²) in [5.41, 5.74) is 1.62. The fourth-order valence-corrected chi connectivity index (χ4v) is 4.14. The van der Waals surface area contributed by atoms with Crippen LogP contribution < -0.4 is 0 Å². The zero-order chi connectivity index (χ0) is 15.8. The first kappa shape index (κ1) is 12.2. The molecule has 0 amide bonds. The molecular weight excluding hydrogens is 296 g/mol. The fraction of sp³-hybridized carbons (Fsp3) is 0. The zero-order valence-electron chi connectivity index (χ0n) is 12.7. The van der Waals surface area contributed by atoms with Gasteiger partial charge >= 0.3 is 0 Å². The summed E-state index contributed by atoms with van der Waals surface area (Å²) in [6.07, 6.45) is 0. The fourth-order valence-electron chi connectivity index (χ4n) is 4.14. The highest BCUT2D eigenvalue weighted by atomic mass is 16.3. The summed E-state index contributed by atoms with van der Waals surface area (Å²) in [5.74, 6) is 0.236. The van der Waals surface area contributed by atoms with Crippen LogP contribution in [-0.4, -0.2) is 5.11 Å². The number of hydrogen-bond donors (Lipinski definition) is 1. The quantitative estimate of drug-likeness (QED) is 0.339. The van der Waals surface area contributed by atoms with E-state index >= 15 is 0 Å². The zero-order valence-corrected chi connectivity index (χ0v) is 12.7. The van der Waals surface area contributed by atoms with Crippen LogP contribution in [0.3, 0.4) is 0 Å². The van der Waals surface area contributed by atoms with Crippen molar-refractivity contribution in [1.82, 2.24) is 0 Å². The minimum absolute atomic E-state index is 0.236. The molecule has 0 radical (unpaired) electrons. The molecule has 0 saturated heterocycles. The van der Waals surface area contributed by atoms with Gasteiger partial charge in [0.1, 0.15) is 16.9 Å². The third-order valence-electron chi connectivity index (χ3n) is 5.06. The van der Waals surface area contributed by atoms with Gasteiger partial charge in [-0.15, -0.1) is 0 Å². The Hall–Kier alpha value is -3.26. The number of fused-ring (bicyclic) bond motifs is 5. The lowest BCUT2D eigenvalue weighted by Gasteiger charge is -2.10. The molecule has 0 fully saturated rings. The molecule has 1 aromatic heterocycles. The van der Waals surface area contributed by atoms with Crippen LogP contribution in [0, 0.1) is 0 Å². The maximum absolute atomic E-state index is 10.1. The Morgan fingerprint density at radius 3 is 2.17 bits per heavy atom. The van der Waals surface area contributed by atoms with Gasteiger partial charge in [-0.25, -0.2) is 0 Å². The van der Waals surface area contributed by atoms with E-state index in [9.17, 15) is 5.11 Å². The molecule has 6 rings (SSSR count). The Morgan fingerprint density at radius 2 is 1.29 bits per heavy atom. The first-order chi connectivity index (χ1) is 11.8. The second-order valence-electron chi connectivity index (χ2n) is 6.36. The van der Waals surface area contributed by atoms with Crippen molar-refractivity contribution in [2.45, 2.75) is 0 Å². The molecule has 2 nitrogen and oxygen atoms in total. The maximum Gasteiger partial charge on any atom is 0.139 e. The van der Waals surface area contributed by atoms with Crippen LogP contribution in [0.1, 0.15) is 0 Å². The SMILES string of the molecule is Oc1cc2oc3cc4ccccc4c4c5ccccc5c(c1)c2c34. The number of benzene rings is 5. The average molecular weight is 308 g/mol. The van der Waals surface area contributed by atoms with Crippen molar-refractivity contribution in [2.75, 3.05) is 0 Å². The van der Waals surface area contributed by atoms with Gasteiger partial charge in [-0.3, -0.25) is 0 Å². The van der Waals surface area contributed by atoms with E-state index in [1.807, 2.05) is 12.1 Å². The molecular formula is C22H12O2. The van der Waals surface area contributed by atoms with Crippen molar-refractivity contribution < 1.29 is 9.52 Å². The van der Waals surface area contributed by atoms with Crippen LogP contribution in [0.25, 0.3) is 54.3 Å². The second-order valence-corrected chi connectivity index (χ2v) is 6.36. The summed E-state index contributed by atoms with van der Waals surface area (Å²) in [4.78, 5) is 0. The van der Waals surface area contributed by atoms with Gasteiger partial charge < -0.3 is 9.52 Å². The second kappa shape index (κ2) is 3.98. The summed E-state index contributed by atoms with van der Waals surface area (Å²) in [6.45, 7) is 0. The molecule has 0 bridgehead atoms. The van der Waals surface area contributed by atoms with E-state index in [2.05, 4.69) is 48.5 Å². The normalized spacial score (nSPS) is 12.3. The minimum Gasteiger partial charge on any atom is -0.508 e. The van der Waals surface area contributed by atoms with E-state index < -0.39 is 0 Å². The molecule has 24 heavy (non-hydrogen) atoms. The third kappa shape index (κ3) is 1.32. The number of aromatic hydroxyl groups is 1. The Balaban J connectivity index is 2.13. The van der Waals surface area contributed by atoms with Gasteiger partial charge in [-0.1, -0.05) is 48.5 Å². The lowest BCUT2D eigenvalue weighted by Crippen LogP contribution is -1.84. The van der Waals surface area contributed by atoms with E-state index in [1.54, 1.807) is 6.07 Å². The van der Waals surface area contributed by atoms with Gasteiger partial charge in [0.25, 0.3) is 0 Å². The Kier molecular flexibility index (Phi) is 2.02. The average Bonchev–Trinajstić information content (AvgIpc) is 2.96. The first-order valence-electron chi connectivity index (χ1n) is 8.02. The number of rotatable bonds is 0. The summed E-state index contributed by atoms with van der Waals surface area (Å²) in [7, 11) is 0. The largest absolute Gasteiger partial charge is 0.508 e. The third-order valence-corrected chi connectivity index (χ3v) is 5.06. The van der Waals surface area contributed by atoms with Gasteiger partial charge in [0, 0.05) is 22.2 Å². The van der Waals surface area contributed by atoms with E-state index in [4.69, 9.17) is 4.42 Å². The molecule has 0 saturated carbocycles. The van der Waals surface area contributed by atoms with Crippen molar-refractivity contribution >= 4 is 54.3 Å². The van der Waals surface area contributed by atoms with E-state index in [-0.39, 0.29) is 5.75 Å². The van der Waals surface area contributed by atoms with E-state index in [0.717, 1.165) is 32.7 Å². The van der Waals surface area contributed by atoms with Crippen LogP contribution in [-0.2, 0) is 0 Å². The van der Waals surface area contributed by atoms with Crippen LogP contribution in [0.2, 0.25) is 0 Å². The summed E-state index contributed by atoms with van der Waals surface area (Å²) < 4.78 is 6.11. The molecule has 112 valence electrons. The van der Waals surface area contributed by atoms with Gasteiger partial charge in [-0.2, -0.15) is 0 Å². The minimum atomic E-state index is 0.236. The smallest absolute Gasteiger partial charge is 0.139 e. The molecule has 6 aromatic rings. The summed E-state index contributed by atoms with van der Waals surface area (Å²) >= 11 is 0. The molecule has 0 unspecified atom stereocenters. The predicted molar refractivity (Wildman–Crippen MR) is 99.1 cm³/mol. The lowest BCUT2D eigenvalue weighted by atomic mass is 9.91. The van der Waals surface area contributed by atoms with Gasteiger partial charge in [-0.05, 0) is 39.1 Å². The lowest BCUT2D eigenvalue weighted by molar-refractivity contribution is 0.475. The topological polar surface area (TPSA) is 33.4 Å². The van der Waals surface area contributed by atoms with Crippen LogP contribution in [0.4, 0.5) is 0 Å². The molecule has 0 aliphatic carbocycles. The summed E-state index contributed by atoms with van der Waals surface area (Å²) in [5, 5.41) is 19.4.